The first-order valence-corrected chi connectivity index (χ1v) is 7.58. The second-order valence-corrected chi connectivity index (χ2v) is 5.30. The zero-order valence-corrected chi connectivity index (χ0v) is 14.8. The number of nitrogens with zero attached hydrogens (tertiary/aromatic N) is 1. The topological polar surface area (TPSA) is 189 Å². The van der Waals surface area contributed by atoms with Crippen LogP contribution in [-0.2, 0) is 19.2 Å². The Hall–Kier alpha value is -3.71. The molecule has 1 rings (SSSR count). The molecular weight excluding hydrogens is 405 g/mol. The maximum absolute atomic E-state index is 11.9. The smallest absolute Gasteiger partial charge is 0.480 e. The summed E-state index contributed by atoms with van der Waals surface area (Å²) in [6.45, 7) is 1.39. The third kappa shape index (κ3) is 10.3. The molecule has 2 unspecified atom stereocenters. The maximum atomic E-state index is 11.9. The highest BCUT2D eigenvalue weighted by atomic mass is 19.4. The van der Waals surface area contributed by atoms with E-state index in [1.54, 1.807) is 0 Å². The monoisotopic (exact) mass is 422 g/mol. The second kappa shape index (κ2) is 11.2. The summed E-state index contributed by atoms with van der Waals surface area (Å²) in [6, 6.07) is 0.501. The highest BCUT2D eigenvalue weighted by Gasteiger charge is 2.38. The third-order valence-corrected chi connectivity index (χ3v) is 2.95. The lowest BCUT2D eigenvalue weighted by atomic mass is 10.1. The van der Waals surface area contributed by atoms with E-state index < -0.39 is 54.3 Å². The third-order valence-electron chi connectivity index (χ3n) is 2.95. The first kappa shape index (κ1) is 25.3. The Morgan fingerprint density at radius 1 is 1.10 bits per heavy atom. The van der Waals surface area contributed by atoms with Crippen LogP contribution in [0.15, 0.2) is 24.5 Å². The van der Waals surface area contributed by atoms with Gasteiger partial charge in [-0.05, 0) is 19.1 Å². The van der Waals surface area contributed by atoms with Gasteiger partial charge in [0.25, 0.3) is 5.91 Å². The number of carbonyl (C=O) groups excluding carboxylic acids is 3. The molecule has 0 aliphatic rings. The number of pyridine rings is 1. The summed E-state index contributed by atoms with van der Waals surface area (Å²) in [7, 11) is 0. The number of aliphatic carboxylic acids is 2. The number of halogens is 3. The number of nitrogens with two attached hydrogens (primary N) is 1. The quantitative estimate of drug-likeness (QED) is 0.380. The van der Waals surface area contributed by atoms with Gasteiger partial charge in [0.1, 0.15) is 12.1 Å². The van der Waals surface area contributed by atoms with Crippen molar-refractivity contribution in [3.63, 3.8) is 0 Å². The number of hydrogen-bond donors (Lipinski definition) is 5. The standard InChI is InChI=1S/C13H16N4O5.C2HF3O2/c1-7(16-12(20)8-2-4-15-5-3-8)11(19)17-9(13(21)22)6-10(14)18;3-2(4,5)1(6)7/h2-5,7,9H,6H2,1H3,(H2,14,18)(H,16,20)(H,17,19)(H,21,22);(H,6,7). The first-order chi connectivity index (χ1) is 13.3. The number of aromatic nitrogens is 1. The number of carboxylic acid groups (broad SMARTS) is 2. The summed E-state index contributed by atoms with van der Waals surface area (Å²) in [5.41, 5.74) is 5.22. The SMILES string of the molecule is CC(NC(=O)c1ccncc1)C(=O)NC(CC(N)=O)C(=O)O.O=C(O)C(F)(F)F. The highest BCUT2D eigenvalue weighted by Crippen LogP contribution is 2.13. The largest absolute Gasteiger partial charge is 0.490 e. The molecular formula is C15H17F3N4O7. The van der Waals surface area contributed by atoms with E-state index in [1.807, 2.05) is 0 Å². The molecule has 0 bridgehead atoms. The molecule has 0 aromatic carbocycles. The zero-order valence-electron chi connectivity index (χ0n) is 14.8. The lowest BCUT2D eigenvalue weighted by molar-refractivity contribution is -0.192. The predicted octanol–water partition coefficient (Wildman–Crippen LogP) is -0.722. The number of alkyl halides is 3. The number of hydrogen-bond acceptors (Lipinski definition) is 6. The van der Waals surface area contributed by atoms with Gasteiger partial charge in [0.15, 0.2) is 0 Å². The Kier molecular flexibility index (Phi) is 9.77. The molecule has 160 valence electrons. The Morgan fingerprint density at radius 3 is 1.97 bits per heavy atom. The van der Waals surface area contributed by atoms with E-state index in [4.69, 9.17) is 20.7 Å². The second-order valence-electron chi connectivity index (χ2n) is 5.30. The Balaban J connectivity index is 0.000000956. The Bertz CT molecular complexity index is 756. The van der Waals surface area contributed by atoms with Gasteiger partial charge in [-0.15, -0.1) is 0 Å². The van der Waals surface area contributed by atoms with Crippen LogP contribution in [0.1, 0.15) is 23.7 Å². The van der Waals surface area contributed by atoms with Gasteiger partial charge in [-0.25, -0.2) is 9.59 Å². The molecule has 2 atom stereocenters. The van der Waals surface area contributed by atoms with Crippen LogP contribution in [0.3, 0.4) is 0 Å². The minimum atomic E-state index is -5.08. The van der Waals surface area contributed by atoms with E-state index in [2.05, 4.69) is 15.6 Å². The van der Waals surface area contributed by atoms with Crippen LogP contribution in [0.25, 0.3) is 0 Å². The van der Waals surface area contributed by atoms with Crippen molar-refractivity contribution in [2.45, 2.75) is 31.6 Å². The number of nitrogens with one attached hydrogen (secondary N) is 2. The molecule has 6 N–H and O–H groups in total. The number of carboxylic acids is 2. The number of primary amides is 1. The van der Waals surface area contributed by atoms with Gasteiger partial charge >= 0.3 is 18.1 Å². The number of amides is 3. The van der Waals surface area contributed by atoms with E-state index in [0.29, 0.717) is 5.56 Å². The maximum Gasteiger partial charge on any atom is 0.490 e. The summed E-state index contributed by atoms with van der Waals surface area (Å²) in [5.74, 6) is -6.25. The van der Waals surface area contributed by atoms with E-state index >= 15 is 0 Å². The summed E-state index contributed by atoms with van der Waals surface area (Å²) in [4.78, 5) is 58.0. The van der Waals surface area contributed by atoms with Gasteiger partial charge in [-0.1, -0.05) is 0 Å². The van der Waals surface area contributed by atoms with Crippen molar-refractivity contribution in [2.75, 3.05) is 0 Å². The number of carbonyl (C=O) groups is 5. The van der Waals surface area contributed by atoms with Crippen LogP contribution in [0.5, 0.6) is 0 Å². The van der Waals surface area contributed by atoms with Crippen LogP contribution < -0.4 is 16.4 Å². The van der Waals surface area contributed by atoms with Crippen molar-refractivity contribution < 1.29 is 47.4 Å². The van der Waals surface area contributed by atoms with Gasteiger partial charge < -0.3 is 26.6 Å². The Morgan fingerprint density at radius 2 is 1.59 bits per heavy atom. The average Bonchev–Trinajstić information content (AvgIpc) is 2.60. The lowest BCUT2D eigenvalue weighted by Gasteiger charge is -2.17. The fourth-order valence-electron chi connectivity index (χ4n) is 1.55. The van der Waals surface area contributed by atoms with Crippen LogP contribution in [0, 0.1) is 0 Å². The van der Waals surface area contributed by atoms with Gasteiger partial charge in [-0.2, -0.15) is 13.2 Å². The van der Waals surface area contributed by atoms with Crippen LogP contribution in [-0.4, -0.2) is 63.1 Å². The molecule has 14 heteroatoms. The molecule has 0 saturated carbocycles. The van der Waals surface area contributed by atoms with Crippen molar-refractivity contribution >= 4 is 29.7 Å². The highest BCUT2D eigenvalue weighted by molar-refractivity contribution is 5.98. The molecule has 29 heavy (non-hydrogen) atoms. The van der Waals surface area contributed by atoms with Crippen molar-refractivity contribution in [1.82, 2.24) is 15.6 Å². The molecule has 3 amide bonds. The van der Waals surface area contributed by atoms with Gasteiger partial charge in [0.05, 0.1) is 6.42 Å². The van der Waals surface area contributed by atoms with Crippen molar-refractivity contribution in [3.8, 4) is 0 Å². The van der Waals surface area contributed by atoms with Gasteiger partial charge in [0, 0.05) is 18.0 Å². The molecule has 0 spiro atoms. The molecule has 11 nitrogen and oxygen atoms in total. The molecule has 1 aromatic heterocycles. The normalized spacial score (nSPS) is 12.4. The molecule has 0 saturated heterocycles. The summed E-state index contributed by atoms with van der Waals surface area (Å²) in [5, 5.41) is 20.6. The molecule has 0 fully saturated rings. The molecule has 0 aliphatic carbocycles. The van der Waals surface area contributed by atoms with Crippen molar-refractivity contribution in [1.29, 1.82) is 0 Å². The van der Waals surface area contributed by atoms with E-state index in [9.17, 15) is 32.3 Å². The zero-order chi connectivity index (χ0) is 22.8. The summed E-state index contributed by atoms with van der Waals surface area (Å²) in [6.07, 6.45) is -2.77. The summed E-state index contributed by atoms with van der Waals surface area (Å²) < 4.78 is 31.7. The summed E-state index contributed by atoms with van der Waals surface area (Å²) >= 11 is 0. The lowest BCUT2D eigenvalue weighted by Crippen LogP contribution is -2.51. The van der Waals surface area contributed by atoms with Crippen molar-refractivity contribution in [3.05, 3.63) is 30.1 Å². The average molecular weight is 422 g/mol. The number of rotatable bonds is 7. The molecule has 1 heterocycles. The van der Waals surface area contributed by atoms with E-state index in [0.717, 1.165) is 0 Å². The van der Waals surface area contributed by atoms with Crippen LogP contribution in [0.4, 0.5) is 13.2 Å². The fraction of sp³-hybridized carbons (Fsp3) is 0.333. The Labute approximate surface area is 161 Å². The van der Waals surface area contributed by atoms with Gasteiger partial charge in [0.2, 0.25) is 11.8 Å². The van der Waals surface area contributed by atoms with Crippen LogP contribution >= 0.6 is 0 Å². The molecule has 0 aliphatic heterocycles. The minimum Gasteiger partial charge on any atom is -0.480 e. The van der Waals surface area contributed by atoms with Gasteiger partial charge in [-0.3, -0.25) is 19.4 Å². The first-order valence-electron chi connectivity index (χ1n) is 7.58. The predicted molar refractivity (Wildman–Crippen MR) is 88.2 cm³/mol. The molecule has 0 radical (unpaired) electrons. The van der Waals surface area contributed by atoms with Crippen molar-refractivity contribution in [2.24, 2.45) is 5.73 Å². The van der Waals surface area contributed by atoms with Crippen LogP contribution in [0.2, 0.25) is 0 Å². The molecule has 1 aromatic rings. The van der Waals surface area contributed by atoms with E-state index in [1.165, 1.54) is 31.5 Å². The fourth-order valence-corrected chi connectivity index (χ4v) is 1.55. The van der Waals surface area contributed by atoms with E-state index in [-0.39, 0.29) is 0 Å². The minimum absolute atomic E-state index is 0.307.